The zero-order chi connectivity index (χ0) is 20.5. The SMILES string of the molecule is COc1c(Nc2cc(-n3nc(C)cc3C)ncn2)nn(C)c1-c1ccc(F)cc1. The van der Waals surface area contributed by atoms with E-state index in [1.54, 1.807) is 41.7 Å². The Balaban J connectivity index is 1.70. The van der Waals surface area contributed by atoms with Gasteiger partial charge in [0, 0.05) is 24.4 Å². The van der Waals surface area contributed by atoms with Gasteiger partial charge >= 0.3 is 0 Å². The van der Waals surface area contributed by atoms with Crippen LogP contribution >= 0.6 is 0 Å². The molecule has 4 aromatic rings. The molecule has 0 bridgehead atoms. The number of nitrogens with zero attached hydrogens (tertiary/aromatic N) is 6. The molecule has 1 N–H and O–H groups in total. The van der Waals surface area contributed by atoms with E-state index in [9.17, 15) is 4.39 Å². The molecule has 8 nitrogen and oxygen atoms in total. The number of aromatic nitrogens is 6. The number of halogens is 1. The number of rotatable bonds is 5. The van der Waals surface area contributed by atoms with E-state index in [1.165, 1.54) is 18.5 Å². The molecule has 0 saturated carbocycles. The van der Waals surface area contributed by atoms with Crippen molar-refractivity contribution in [3.63, 3.8) is 0 Å². The van der Waals surface area contributed by atoms with Gasteiger partial charge in [0.2, 0.25) is 0 Å². The summed E-state index contributed by atoms with van der Waals surface area (Å²) in [6.45, 7) is 3.89. The highest BCUT2D eigenvalue weighted by Gasteiger charge is 2.19. The third-order valence-electron chi connectivity index (χ3n) is 4.45. The minimum Gasteiger partial charge on any atom is -0.491 e. The summed E-state index contributed by atoms with van der Waals surface area (Å²) in [6, 6.07) is 9.94. The van der Waals surface area contributed by atoms with Gasteiger partial charge in [0.15, 0.2) is 17.4 Å². The molecule has 0 saturated heterocycles. The Labute approximate surface area is 167 Å². The van der Waals surface area contributed by atoms with Crippen molar-refractivity contribution < 1.29 is 9.13 Å². The summed E-state index contributed by atoms with van der Waals surface area (Å²) in [5.74, 6) is 1.91. The van der Waals surface area contributed by atoms with Gasteiger partial charge < -0.3 is 10.1 Å². The normalized spacial score (nSPS) is 10.9. The second kappa shape index (κ2) is 7.34. The van der Waals surface area contributed by atoms with E-state index in [0.717, 1.165) is 22.6 Å². The number of ether oxygens (including phenoxy) is 1. The first-order chi connectivity index (χ1) is 14.0. The molecule has 0 radical (unpaired) electrons. The van der Waals surface area contributed by atoms with Crippen molar-refractivity contribution in [3.05, 3.63) is 59.9 Å². The number of hydrogen-bond acceptors (Lipinski definition) is 6. The fourth-order valence-corrected chi connectivity index (χ4v) is 3.22. The number of aryl methyl sites for hydroxylation is 3. The topological polar surface area (TPSA) is 82.7 Å². The number of hydrogen-bond donors (Lipinski definition) is 1. The Morgan fingerprint density at radius 2 is 1.79 bits per heavy atom. The van der Waals surface area contributed by atoms with Gasteiger partial charge in [-0.1, -0.05) is 0 Å². The zero-order valence-corrected chi connectivity index (χ0v) is 16.5. The van der Waals surface area contributed by atoms with Crippen molar-refractivity contribution in [2.24, 2.45) is 7.05 Å². The first-order valence-corrected chi connectivity index (χ1v) is 8.96. The van der Waals surface area contributed by atoms with E-state index in [4.69, 9.17) is 4.74 Å². The van der Waals surface area contributed by atoms with Crippen LogP contribution in [0.15, 0.2) is 42.7 Å². The maximum atomic E-state index is 13.3. The summed E-state index contributed by atoms with van der Waals surface area (Å²) in [7, 11) is 3.37. The van der Waals surface area contributed by atoms with E-state index in [-0.39, 0.29) is 5.82 Å². The smallest absolute Gasteiger partial charge is 0.196 e. The number of benzene rings is 1. The second-order valence-electron chi connectivity index (χ2n) is 6.59. The first kappa shape index (κ1) is 18.6. The lowest BCUT2D eigenvalue weighted by Gasteiger charge is -2.08. The zero-order valence-electron chi connectivity index (χ0n) is 16.5. The van der Waals surface area contributed by atoms with Crippen molar-refractivity contribution in [1.82, 2.24) is 29.5 Å². The van der Waals surface area contributed by atoms with Crippen LogP contribution in [0.1, 0.15) is 11.4 Å². The summed E-state index contributed by atoms with van der Waals surface area (Å²) in [5, 5.41) is 12.1. The van der Waals surface area contributed by atoms with Crippen LogP contribution in [0.3, 0.4) is 0 Å². The summed E-state index contributed by atoms with van der Waals surface area (Å²) in [5.41, 5.74) is 3.40. The molecule has 0 aliphatic rings. The second-order valence-corrected chi connectivity index (χ2v) is 6.59. The molecule has 0 aliphatic carbocycles. The Kier molecular flexibility index (Phi) is 4.71. The third kappa shape index (κ3) is 3.54. The maximum Gasteiger partial charge on any atom is 0.196 e. The molecule has 29 heavy (non-hydrogen) atoms. The fourth-order valence-electron chi connectivity index (χ4n) is 3.22. The molecule has 148 valence electrons. The molecular weight excluding hydrogens is 373 g/mol. The van der Waals surface area contributed by atoms with Crippen molar-refractivity contribution in [2.45, 2.75) is 13.8 Å². The van der Waals surface area contributed by atoms with Crippen LogP contribution in [-0.2, 0) is 7.05 Å². The Morgan fingerprint density at radius 1 is 1.03 bits per heavy atom. The summed E-state index contributed by atoms with van der Waals surface area (Å²) in [6.07, 6.45) is 1.46. The lowest BCUT2D eigenvalue weighted by molar-refractivity contribution is 0.418. The molecule has 0 aliphatic heterocycles. The molecule has 0 atom stereocenters. The molecule has 3 aromatic heterocycles. The Hall–Kier alpha value is -3.75. The van der Waals surface area contributed by atoms with Gasteiger partial charge in [0.05, 0.1) is 12.8 Å². The van der Waals surface area contributed by atoms with Gasteiger partial charge in [-0.15, -0.1) is 0 Å². The third-order valence-corrected chi connectivity index (χ3v) is 4.45. The van der Waals surface area contributed by atoms with Crippen molar-refractivity contribution >= 4 is 11.6 Å². The maximum absolute atomic E-state index is 13.3. The first-order valence-electron chi connectivity index (χ1n) is 8.96. The quantitative estimate of drug-likeness (QED) is 0.558. The highest BCUT2D eigenvalue weighted by molar-refractivity contribution is 5.76. The lowest BCUT2D eigenvalue weighted by Crippen LogP contribution is -2.04. The van der Waals surface area contributed by atoms with Crippen LogP contribution in [0, 0.1) is 19.7 Å². The molecule has 3 heterocycles. The lowest BCUT2D eigenvalue weighted by atomic mass is 10.1. The highest BCUT2D eigenvalue weighted by Crippen LogP contribution is 2.37. The van der Waals surface area contributed by atoms with Crippen molar-refractivity contribution in [2.75, 3.05) is 12.4 Å². The average molecular weight is 393 g/mol. The molecule has 9 heteroatoms. The van der Waals surface area contributed by atoms with Crippen molar-refractivity contribution in [3.8, 4) is 22.8 Å². The minimum absolute atomic E-state index is 0.300. The van der Waals surface area contributed by atoms with Gasteiger partial charge in [-0.2, -0.15) is 10.2 Å². The van der Waals surface area contributed by atoms with Crippen LogP contribution in [0.5, 0.6) is 5.75 Å². The van der Waals surface area contributed by atoms with E-state index >= 15 is 0 Å². The Morgan fingerprint density at radius 3 is 2.45 bits per heavy atom. The molecule has 1 aromatic carbocycles. The highest BCUT2D eigenvalue weighted by atomic mass is 19.1. The summed E-state index contributed by atoms with van der Waals surface area (Å²) in [4.78, 5) is 8.58. The van der Waals surface area contributed by atoms with Gasteiger partial charge in [-0.3, -0.25) is 4.68 Å². The molecule has 0 amide bonds. The van der Waals surface area contributed by atoms with Gasteiger partial charge in [-0.05, 0) is 44.2 Å². The fraction of sp³-hybridized carbons (Fsp3) is 0.200. The standard InChI is InChI=1S/C20H20FN7O/c1-12-9-13(2)28(25-12)17-10-16(22-11-23-17)24-20-19(29-4)18(27(3)26-20)14-5-7-15(21)8-6-14/h5-11H,1-4H3,(H,22,23,24,26). The Bertz CT molecular complexity index is 1160. The predicted molar refractivity (Wildman–Crippen MR) is 107 cm³/mol. The van der Waals surface area contributed by atoms with Gasteiger partial charge in [-0.25, -0.2) is 19.0 Å². The minimum atomic E-state index is -0.300. The van der Waals surface area contributed by atoms with Crippen molar-refractivity contribution in [1.29, 1.82) is 0 Å². The summed E-state index contributed by atoms with van der Waals surface area (Å²) >= 11 is 0. The van der Waals surface area contributed by atoms with Gasteiger partial charge in [0.25, 0.3) is 0 Å². The van der Waals surface area contributed by atoms with Crippen LogP contribution < -0.4 is 10.1 Å². The van der Waals surface area contributed by atoms with Crippen LogP contribution in [0.25, 0.3) is 17.1 Å². The van der Waals surface area contributed by atoms with E-state index in [2.05, 4.69) is 25.5 Å². The van der Waals surface area contributed by atoms with Crippen LogP contribution in [-0.4, -0.2) is 36.6 Å². The number of nitrogens with one attached hydrogen (secondary N) is 1. The van der Waals surface area contributed by atoms with E-state index < -0.39 is 0 Å². The van der Waals surface area contributed by atoms with E-state index in [1.807, 2.05) is 19.9 Å². The molecule has 0 fully saturated rings. The van der Waals surface area contributed by atoms with Crippen LogP contribution in [0.2, 0.25) is 0 Å². The number of anilines is 2. The average Bonchev–Trinajstić information content (AvgIpc) is 3.20. The van der Waals surface area contributed by atoms with Gasteiger partial charge in [0.1, 0.15) is 23.7 Å². The monoisotopic (exact) mass is 393 g/mol. The van der Waals surface area contributed by atoms with Crippen LogP contribution in [0.4, 0.5) is 16.0 Å². The van der Waals surface area contributed by atoms with E-state index in [0.29, 0.717) is 23.2 Å². The molecular formula is C20H20FN7O. The molecule has 4 rings (SSSR count). The summed E-state index contributed by atoms with van der Waals surface area (Å²) < 4.78 is 22.3. The molecule has 0 spiro atoms. The molecule has 0 unspecified atom stereocenters. The predicted octanol–water partition coefficient (Wildman–Crippen LogP) is 3.57. The number of methoxy groups -OCH3 is 1. The largest absolute Gasteiger partial charge is 0.491 e.